The third-order valence-electron chi connectivity index (χ3n) is 1.67. The molecule has 0 aliphatic heterocycles. The second-order valence-corrected chi connectivity index (χ2v) is 2.72. The van der Waals surface area contributed by atoms with Crippen molar-refractivity contribution < 1.29 is 0 Å². The lowest BCUT2D eigenvalue weighted by atomic mass is 10.1. The van der Waals surface area contributed by atoms with Gasteiger partial charge < -0.3 is 0 Å². The van der Waals surface area contributed by atoms with Gasteiger partial charge in [0.1, 0.15) is 0 Å². The average Bonchev–Trinajstić information content (AvgIpc) is 1.97. The van der Waals surface area contributed by atoms with Crippen LogP contribution in [0.5, 0.6) is 0 Å². The molecule has 0 rings (SSSR count). The third-order valence-corrected chi connectivity index (χ3v) is 1.67. The monoisotopic (exact) mass is 216 g/mol. The molecule has 0 aromatic carbocycles. The summed E-state index contributed by atoms with van der Waals surface area (Å²) >= 11 is 0. The first-order chi connectivity index (χ1) is 4.91. The lowest BCUT2D eigenvalue weighted by molar-refractivity contribution is 0.581. The first kappa shape index (κ1) is 18.3. The molecule has 0 aliphatic rings. The highest BCUT2D eigenvalue weighted by Crippen LogP contribution is 2.03. The van der Waals surface area contributed by atoms with Gasteiger partial charge in [-0.05, 0) is 6.42 Å². The minimum absolute atomic E-state index is 0. The number of nitrogens with two attached hydrogens (primary N) is 1. The van der Waals surface area contributed by atoms with Gasteiger partial charge in [0, 0.05) is 6.54 Å². The van der Waals surface area contributed by atoms with Crippen molar-refractivity contribution in [3.63, 3.8) is 0 Å². The summed E-state index contributed by atoms with van der Waals surface area (Å²) in [7, 11) is 0. The molecule has 2 nitrogen and oxygen atoms in total. The summed E-state index contributed by atoms with van der Waals surface area (Å²) in [5.41, 5.74) is 2.66. The van der Waals surface area contributed by atoms with Gasteiger partial charge >= 0.3 is 0 Å². The molecule has 12 heavy (non-hydrogen) atoms. The molecule has 0 aromatic rings. The number of halogens is 2. The molecule has 0 atom stereocenters. The highest BCUT2D eigenvalue weighted by molar-refractivity contribution is 5.85. The molecule has 0 unspecified atom stereocenters. The van der Waals surface area contributed by atoms with Crippen LogP contribution in [0, 0.1) is 0 Å². The Morgan fingerprint density at radius 1 is 0.917 bits per heavy atom. The van der Waals surface area contributed by atoms with Crippen molar-refractivity contribution >= 4 is 24.8 Å². The maximum atomic E-state index is 5.12. The van der Waals surface area contributed by atoms with Gasteiger partial charge in [-0.2, -0.15) is 0 Å². The van der Waals surface area contributed by atoms with E-state index in [1.165, 1.54) is 38.5 Å². The largest absolute Gasteiger partial charge is 0.271 e. The van der Waals surface area contributed by atoms with Crippen LogP contribution in [0.4, 0.5) is 0 Å². The zero-order valence-electron chi connectivity index (χ0n) is 7.84. The minimum atomic E-state index is 0. The lowest BCUT2D eigenvalue weighted by Gasteiger charge is -1.98. The van der Waals surface area contributed by atoms with Crippen LogP contribution in [0.15, 0.2) is 0 Å². The van der Waals surface area contributed by atoms with E-state index < -0.39 is 0 Å². The molecule has 0 aliphatic carbocycles. The predicted octanol–water partition coefficient (Wildman–Crippen LogP) is 2.65. The van der Waals surface area contributed by atoms with Crippen molar-refractivity contribution in [1.82, 2.24) is 5.43 Å². The van der Waals surface area contributed by atoms with Gasteiger partial charge in [0.25, 0.3) is 0 Å². The van der Waals surface area contributed by atoms with Crippen LogP contribution in [0.2, 0.25) is 0 Å². The fourth-order valence-electron chi connectivity index (χ4n) is 1.01. The van der Waals surface area contributed by atoms with E-state index in [0.717, 1.165) is 6.54 Å². The van der Waals surface area contributed by atoms with E-state index >= 15 is 0 Å². The molecule has 78 valence electrons. The molecular formula is C8H22Cl2N2. The van der Waals surface area contributed by atoms with E-state index in [1.807, 2.05) is 0 Å². The quantitative estimate of drug-likeness (QED) is 0.391. The van der Waals surface area contributed by atoms with Gasteiger partial charge in [-0.3, -0.25) is 11.3 Å². The van der Waals surface area contributed by atoms with Crippen LogP contribution < -0.4 is 11.3 Å². The maximum Gasteiger partial charge on any atom is 0.00974 e. The number of unbranched alkanes of at least 4 members (excludes halogenated alkanes) is 5. The second-order valence-electron chi connectivity index (χ2n) is 2.72. The Bertz CT molecular complexity index is 55.0. The number of hydrazine groups is 1. The van der Waals surface area contributed by atoms with Crippen molar-refractivity contribution in [2.75, 3.05) is 6.54 Å². The van der Waals surface area contributed by atoms with Gasteiger partial charge in [-0.1, -0.05) is 39.0 Å². The van der Waals surface area contributed by atoms with Gasteiger partial charge in [-0.15, -0.1) is 24.8 Å². The summed E-state index contributed by atoms with van der Waals surface area (Å²) in [6, 6.07) is 0. The highest BCUT2D eigenvalue weighted by Gasteiger charge is 1.87. The molecular weight excluding hydrogens is 195 g/mol. The molecule has 0 aromatic heterocycles. The summed E-state index contributed by atoms with van der Waals surface area (Å²) in [5.74, 6) is 5.12. The van der Waals surface area contributed by atoms with Crippen molar-refractivity contribution in [2.24, 2.45) is 5.84 Å². The SMILES string of the molecule is CCCCCCCCNN.Cl.Cl. The third kappa shape index (κ3) is 16.8. The maximum absolute atomic E-state index is 5.12. The van der Waals surface area contributed by atoms with Crippen LogP contribution in [0.25, 0.3) is 0 Å². The Balaban J connectivity index is -0.000000405. The Kier molecular flexibility index (Phi) is 26.8. The normalized spacial score (nSPS) is 8.50. The lowest BCUT2D eigenvalue weighted by Crippen LogP contribution is -2.22. The first-order valence-electron chi connectivity index (χ1n) is 4.35. The number of nitrogens with one attached hydrogen (secondary N) is 1. The van der Waals surface area contributed by atoms with E-state index in [4.69, 9.17) is 5.84 Å². The molecule has 0 saturated heterocycles. The molecule has 4 heteroatoms. The van der Waals surface area contributed by atoms with Gasteiger partial charge in [0.15, 0.2) is 0 Å². The van der Waals surface area contributed by atoms with Crippen LogP contribution in [0.1, 0.15) is 45.4 Å². The Labute approximate surface area is 88.5 Å². The van der Waals surface area contributed by atoms with Crippen molar-refractivity contribution in [3.05, 3.63) is 0 Å². The average molecular weight is 217 g/mol. The molecule has 0 spiro atoms. The summed E-state index contributed by atoms with van der Waals surface area (Å²) in [5, 5.41) is 0. The van der Waals surface area contributed by atoms with E-state index in [2.05, 4.69) is 12.3 Å². The van der Waals surface area contributed by atoms with E-state index in [-0.39, 0.29) is 24.8 Å². The summed E-state index contributed by atoms with van der Waals surface area (Å²) < 4.78 is 0. The molecule has 0 bridgehead atoms. The van der Waals surface area contributed by atoms with Crippen molar-refractivity contribution in [2.45, 2.75) is 45.4 Å². The minimum Gasteiger partial charge on any atom is -0.271 e. The zero-order chi connectivity index (χ0) is 7.66. The summed E-state index contributed by atoms with van der Waals surface area (Å²) in [6.07, 6.45) is 8.02. The summed E-state index contributed by atoms with van der Waals surface area (Å²) in [4.78, 5) is 0. The fraction of sp³-hybridized carbons (Fsp3) is 1.00. The van der Waals surface area contributed by atoms with E-state index in [9.17, 15) is 0 Å². The van der Waals surface area contributed by atoms with Gasteiger partial charge in [0.2, 0.25) is 0 Å². The number of hydrogen-bond donors (Lipinski definition) is 2. The van der Waals surface area contributed by atoms with E-state index in [0.29, 0.717) is 0 Å². The summed E-state index contributed by atoms with van der Waals surface area (Å²) in [6.45, 7) is 3.20. The van der Waals surface area contributed by atoms with Crippen LogP contribution in [-0.2, 0) is 0 Å². The zero-order valence-corrected chi connectivity index (χ0v) is 9.48. The number of hydrogen-bond acceptors (Lipinski definition) is 2. The van der Waals surface area contributed by atoms with Crippen molar-refractivity contribution in [1.29, 1.82) is 0 Å². The smallest absolute Gasteiger partial charge is 0.00974 e. The molecule has 0 amide bonds. The predicted molar refractivity (Wildman–Crippen MR) is 60.1 cm³/mol. The molecule has 0 fully saturated rings. The first-order valence-corrected chi connectivity index (χ1v) is 4.35. The Morgan fingerprint density at radius 3 is 1.92 bits per heavy atom. The number of rotatable bonds is 7. The fourth-order valence-corrected chi connectivity index (χ4v) is 1.01. The standard InChI is InChI=1S/C8H20N2.2ClH/c1-2-3-4-5-6-7-8-10-9;;/h10H,2-9H2,1H3;2*1H. The Morgan fingerprint density at radius 2 is 1.42 bits per heavy atom. The second kappa shape index (κ2) is 17.5. The molecule has 0 radical (unpaired) electrons. The highest BCUT2D eigenvalue weighted by atomic mass is 35.5. The molecule has 3 N–H and O–H groups in total. The topological polar surface area (TPSA) is 38.0 Å². The van der Waals surface area contributed by atoms with Gasteiger partial charge in [-0.25, -0.2) is 0 Å². The van der Waals surface area contributed by atoms with Crippen molar-refractivity contribution in [3.8, 4) is 0 Å². The Hall–Kier alpha value is 0.500. The van der Waals surface area contributed by atoms with Crippen LogP contribution >= 0.6 is 24.8 Å². The molecule has 0 heterocycles. The van der Waals surface area contributed by atoms with E-state index in [1.54, 1.807) is 0 Å². The van der Waals surface area contributed by atoms with Crippen LogP contribution in [-0.4, -0.2) is 6.54 Å². The van der Waals surface area contributed by atoms with Gasteiger partial charge in [0.05, 0.1) is 0 Å². The molecule has 0 saturated carbocycles. The van der Waals surface area contributed by atoms with Crippen LogP contribution in [0.3, 0.4) is 0 Å².